The molecule has 1 unspecified atom stereocenters. The Morgan fingerprint density at radius 1 is 1.30 bits per heavy atom. The highest BCUT2D eigenvalue weighted by Crippen LogP contribution is 2.30. The Balaban J connectivity index is 2.03. The molecule has 2 aromatic rings. The number of morpholine rings is 1. The van der Waals surface area contributed by atoms with Gasteiger partial charge in [-0.25, -0.2) is 4.39 Å². The molecule has 3 rings (SSSR count). The zero-order chi connectivity index (χ0) is 16.4. The predicted molar refractivity (Wildman–Crippen MR) is 79.3 cm³/mol. The van der Waals surface area contributed by atoms with E-state index in [-0.39, 0.29) is 23.0 Å². The Morgan fingerprint density at radius 3 is 2.57 bits per heavy atom. The van der Waals surface area contributed by atoms with Gasteiger partial charge in [0, 0.05) is 18.7 Å². The van der Waals surface area contributed by atoms with E-state index in [1.54, 1.807) is 4.90 Å². The second kappa shape index (κ2) is 6.47. The molecule has 2 heterocycles. The summed E-state index contributed by atoms with van der Waals surface area (Å²) in [5.74, 6) is -0.542. The summed E-state index contributed by atoms with van der Waals surface area (Å²) in [5.41, 5.74) is 1.07. The number of hydrogen-bond donors (Lipinski definition) is 1. The number of rotatable bonds is 3. The Morgan fingerprint density at radius 2 is 1.96 bits per heavy atom. The van der Waals surface area contributed by atoms with Gasteiger partial charge in [-0.15, -0.1) is 0 Å². The summed E-state index contributed by atoms with van der Waals surface area (Å²) in [6.45, 7) is 3.36. The third-order valence-corrected chi connectivity index (χ3v) is 3.73. The fourth-order valence-corrected chi connectivity index (χ4v) is 2.52. The molecule has 1 saturated heterocycles. The lowest BCUT2D eigenvalue weighted by Crippen LogP contribution is -2.41. The molecule has 1 atom stereocenters. The molecule has 1 aromatic carbocycles. The van der Waals surface area contributed by atoms with Gasteiger partial charge in [-0.1, -0.05) is 5.16 Å². The second-order valence-electron chi connectivity index (χ2n) is 5.36. The van der Waals surface area contributed by atoms with Crippen molar-refractivity contribution in [2.45, 2.75) is 13.0 Å². The molecule has 1 aliphatic rings. The van der Waals surface area contributed by atoms with Crippen molar-refractivity contribution in [2.75, 3.05) is 26.3 Å². The largest absolute Gasteiger partial charge is 0.385 e. The number of hydrogen-bond acceptors (Lipinski definition) is 5. The van der Waals surface area contributed by atoms with Crippen molar-refractivity contribution in [3.63, 3.8) is 0 Å². The zero-order valence-corrected chi connectivity index (χ0v) is 12.7. The predicted octanol–water partition coefficient (Wildman–Crippen LogP) is 2.01. The third kappa shape index (κ3) is 3.11. The first-order valence-corrected chi connectivity index (χ1v) is 7.38. The van der Waals surface area contributed by atoms with Crippen LogP contribution in [0.5, 0.6) is 0 Å². The van der Waals surface area contributed by atoms with E-state index in [4.69, 9.17) is 9.26 Å². The van der Waals surface area contributed by atoms with E-state index in [9.17, 15) is 14.3 Å². The van der Waals surface area contributed by atoms with Gasteiger partial charge in [0.15, 0.2) is 5.76 Å². The van der Waals surface area contributed by atoms with Crippen LogP contribution in [0.3, 0.4) is 0 Å². The topological polar surface area (TPSA) is 75.8 Å². The molecule has 1 aromatic heterocycles. The van der Waals surface area contributed by atoms with Crippen molar-refractivity contribution < 1.29 is 23.6 Å². The van der Waals surface area contributed by atoms with Crippen molar-refractivity contribution in [3.8, 4) is 11.3 Å². The average molecular weight is 320 g/mol. The highest BCUT2D eigenvalue weighted by molar-refractivity contribution is 6.01. The number of ether oxygens (including phenoxy) is 1. The van der Waals surface area contributed by atoms with Crippen LogP contribution in [0.15, 0.2) is 28.8 Å². The SMILES string of the molecule is CC(O)c1onc(-c2ccc(F)cc2)c1C(=O)N1CCOCC1. The van der Waals surface area contributed by atoms with E-state index < -0.39 is 6.10 Å². The van der Waals surface area contributed by atoms with Gasteiger partial charge in [0.05, 0.1) is 13.2 Å². The minimum Gasteiger partial charge on any atom is -0.385 e. The molecule has 0 aliphatic carbocycles. The molecule has 122 valence electrons. The van der Waals surface area contributed by atoms with Gasteiger partial charge in [-0.05, 0) is 31.2 Å². The summed E-state index contributed by atoms with van der Waals surface area (Å²) in [5, 5.41) is 13.8. The maximum atomic E-state index is 13.1. The highest BCUT2D eigenvalue weighted by Gasteiger charge is 2.30. The number of aliphatic hydroxyl groups excluding tert-OH is 1. The van der Waals surface area contributed by atoms with Gasteiger partial charge in [-0.2, -0.15) is 0 Å². The van der Waals surface area contributed by atoms with Crippen LogP contribution >= 0.6 is 0 Å². The maximum Gasteiger partial charge on any atom is 0.260 e. The summed E-state index contributed by atoms with van der Waals surface area (Å²) in [6, 6.07) is 5.62. The van der Waals surface area contributed by atoms with E-state index in [0.717, 1.165) is 0 Å². The van der Waals surface area contributed by atoms with Gasteiger partial charge < -0.3 is 19.3 Å². The summed E-state index contributed by atoms with van der Waals surface area (Å²) >= 11 is 0. The molecule has 1 aliphatic heterocycles. The Hall–Kier alpha value is -2.25. The molecule has 0 saturated carbocycles. The molecular weight excluding hydrogens is 303 g/mol. The Labute approximate surface area is 132 Å². The summed E-state index contributed by atoms with van der Waals surface area (Å²) in [7, 11) is 0. The molecule has 0 bridgehead atoms. The van der Waals surface area contributed by atoms with Crippen molar-refractivity contribution in [2.24, 2.45) is 0 Å². The van der Waals surface area contributed by atoms with Crippen molar-refractivity contribution in [1.82, 2.24) is 10.1 Å². The Bertz CT molecular complexity index is 691. The number of halogens is 1. The van der Waals surface area contributed by atoms with E-state index in [1.807, 2.05) is 0 Å². The number of carbonyl (C=O) groups is 1. The number of amides is 1. The summed E-state index contributed by atoms with van der Waals surface area (Å²) in [4.78, 5) is 14.5. The van der Waals surface area contributed by atoms with Crippen molar-refractivity contribution >= 4 is 5.91 Å². The quantitative estimate of drug-likeness (QED) is 0.936. The first-order chi connectivity index (χ1) is 11.1. The van der Waals surface area contributed by atoms with Crippen molar-refractivity contribution in [1.29, 1.82) is 0 Å². The fraction of sp³-hybridized carbons (Fsp3) is 0.375. The van der Waals surface area contributed by atoms with Crippen LogP contribution in [-0.2, 0) is 4.74 Å². The van der Waals surface area contributed by atoms with Gasteiger partial charge in [0.25, 0.3) is 5.91 Å². The number of aromatic nitrogens is 1. The molecule has 1 amide bonds. The van der Waals surface area contributed by atoms with E-state index in [2.05, 4.69) is 5.16 Å². The molecule has 1 N–H and O–H groups in total. The summed E-state index contributed by atoms with van der Waals surface area (Å²) < 4.78 is 23.5. The standard InChI is InChI=1S/C16H17FN2O4/c1-10(20)15-13(16(21)19-6-8-22-9-7-19)14(18-23-15)11-2-4-12(17)5-3-11/h2-5,10,20H,6-9H2,1H3. The molecule has 1 fully saturated rings. The smallest absolute Gasteiger partial charge is 0.260 e. The second-order valence-corrected chi connectivity index (χ2v) is 5.36. The third-order valence-electron chi connectivity index (χ3n) is 3.73. The lowest BCUT2D eigenvalue weighted by molar-refractivity contribution is 0.0298. The Kier molecular flexibility index (Phi) is 4.40. The van der Waals surface area contributed by atoms with Crippen LogP contribution in [0.1, 0.15) is 29.1 Å². The first-order valence-electron chi connectivity index (χ1n) is 7.38. The van der Waals surface area contributed by atoms with Crippen LogP contribution in [0.4, 0.5) is 4.39 Å². The van der Waals surface area contributed by atoms with Gasteiger partial charge in [0.2, 0.25) is 0 Å². The van der Waals surface area contributed by atoms with Gasteiger partial charge >= 0.3 is 0 Å². The fourth-order valence-electron chi connectivity index (χ4n) is 2.52. The van der Waals surface area contributed by atoms with Crippen LogP contribution in [0, 0.1) is 5.82 Å². The number of benzene rings is 1. The van der Waals surface area contributed by atoms with E-state index in [0.29, 0.717) is 37.6 Å². The van der Waals surface area contributed by atoms with Gasteiger partial charge in [0.1, 0.15) is 23.2 Å². The minimum absolute atomic E-state index is 0.112. The molecule has 0 radical (unpaired) electrons. The maximum absolute atomic E-state index is 13.1. The average Bonchev–Trinajstić information content (AvgIpc) is 3.01. The van der Waals surface area contributed by atoms with E-state index in [1.165, 1.54) is 31.2 Å². The monoisotopic (exact) mass is 320 g/mol. The molecule has 23 heavy (non-hydrogen) atoms. The summed E-state index contributed by atoms with van der Waals surface area (Å²) in [6.07, 6.45) is -0.975. The normalized spacial score (nSPS) is 16.4. The molecular formula is C16H17FN2O4. The zero-order valence-electron chi connectivity index (χ0n) is 12.7. The number of carbonyl (C=O) groups excluding carboxylic acids is 1. The lowest BCUT2D eigenvalue weighted by Gasteiger charge is -2.27. The molecule has 7 heteroatoms. The first kappa shape index (κ1) is 15.6. The minimum atomic E-state index is -0.975. The van der Waals surface area contributed by atoms with E-state index >= 15 is 0 Å². The van der Waals surface area contributed by atoms with Crippen LogP contribution < -0.4 is 0 Å². The van der Waals surface area contributed by atoms with Crippen LogP contribution in [0.2, 0.25) is 0 Å². The molecule has 6 nitrogen and oxygen atoms in total. The lowest BCUT2D eigenvalue weighted by atomic mass is 10.0. The number of nitrogens with zero attached hydrogens (tertiary/aromatic N) is 2. The van der Waals surface area contributed by atoms with Gasteiger partial charge in [-0.3, -0.25) is 4.79 Å². The highest BCUT2D eigenvalue weighted by atomic mass is 19.1. The van der Waals surface area contributed by atoms with Crippen LogP contribution in [-0.4, -0.2) is 47.4 Å². The number of aliphatic hydroxyl groups is 1. The molecule has 0 spiro atoms. The van der Waals surface area contributed by atoms with Crippen LogP contribution in [0.25, 0.3) is 11.3 Å². The van der Waals surface area contributed by atoms with Crippen molar-refractivity contribution in [3.05, 3.63) is 41.4 Å².